The maximum absolute atomic E-state index is 12.0. The molecule has 1 unspecified atom stereocenters. The molecular formula is C5H4ClF3N2O. The van der Waals surface area contributed by atoms with Crippen molar-refractivity contribution < 1.29 is 18.0 Å². The zero-order chi connectivity index (χ0) is 9.52. The molecule has 0 aromatic rings. The average Bonchev–Trinajstić information content (AvgIpc) is 2.15. The Kier molecular flexibility index (Phi) is 2.03. The first-order chi connectivity index (χ1) is 5.34. The van der Waals surface area contributed by atoms with E-state index in [0.29, 0.717) is 5.01 Å². The molecule has 0 N–H and O–H groups in total. The van der Waals surface area contributed by atoms with E-state index in [9.17, 15) is 18.0 Å². The highest BCUT2D eigenvalue weighted by molar-refractivity contribution is 6.44. The van der Waals surface area contributed by atoms with Crippen molar-refractivity contribution in [3.8, 4) is 0 Å². The van der Waals surface area contributed by atoms with Gasteiger partial charge in [-0.1, -0.05) is 0 Å². The molecule has 1 heterocycles. The predicted molar refractivity (Wildman–Crippen MR) is 35.9 cm³/mol. The van der Waals surface area contributed by atoms with Gasteiger partial charge in [0.1, 0.15) is 0 Å². The Labute approximate surface area is 70.8 Å². The summed E-state index contributed by atoms with van der Waals surface area (Å²) in [7, 11) is 1.12. The number of hydrazone groups is 1. The van der Waals surface area contributed by atoms with Crippen molar-refractivity contribution in [1.29, 1.82) is 0 Å². The average molecular weight is 201 g/mol. The molecule has 0 radical (unpaired) electrons. The highest BCUT2D eigenvalue weighted by Crippen LogP contribution is 2.26. The van der Waals surface area contributed by atoms with E-state index >= 15 is 0 Å². The van der Waals surface area contributed by atoms with Crippen molar-refractivity contribution in [2.75, 3.05) is 7.05 Å². The largest absolute Gasteiger partial charge is 0.433 e. The topological polar surface area (TPSA) is 32.7 Å². The molecule has 0 aliphatic carbocycles. The smallest absolute Gasteiger partial charge is 0.271 e. The molecule has 0 aromatic carbocycles. The van der Waals surface area contributed by atoms with Crippen molar-refractivity contribution in [1.82, 2.24) is 5.01 Å². The lowest BCUT2D eigenvalue weighted by atomic mass is 10.2. The van der Waals surface area contributed by atoms with Crippen LogP contribution in [0.4, 0.5) is 13.2 Å². The van der Waals surface area contributed by atoms with E-state index in [4.69, 9.17) is 11.6 Å². The first kappa shape index (κ1) is 9.31. The summed E-state index contributed by atoms with van der Waals surface area (Å²) in [6.45, 7) is 0. The van der Waals surface area contributed by atoms with E-state index in [1.807, 2.05) is 0 Å². The molecule has 1 amide bonds. The third-order valence-corrected chi connectivity index (χ3v) is 1.72. The first-order valence-electron chi connectivity index (χ1n) is 2.91. The van der Waals surface area contributed by atoms with Crippen molar-refractivity contribution in [3.63, 3.8) is 0 Å². The Morgan fingerprint density at radius 2 is 2.08 bits per heavy atom. The highest BCUT2D eigenvalue weighted by Gasteiger charge is 2.48. The van der Waals surface area contributed by atoms with Gasteiger partial charge in [-0.15, -0.1) is 11.6 Å². The fourth-order valence-electron chi connectivity index (χ4n) is 0.743. The molecule has 0 fully saturated rings. The van der Waals surface area contributed by atoms with E-state index < -0.39 is 23.2 Å². The van der Waals surface area contributed by atoms with Gasteiger partial charge < -0.3 is 0 Å². The summed E-state index contributed by atoms with van der Waals surface area (Å²) in [4.78, 5) is 10.7. The number of halogens is 4. The fraction of sp³-hybridized carbons (Fsp3) is 0.600. The van der Waals surface area contributed by atoms with Crippen molar-refractivity contribution >= 4 is 23.2 Å². The van der Waals surface area contributed by atoms with Gasteiger partial charge in [0.05, 0.1) is 0 Å². The zero-order valence-corrected chi connectivity index (χ0v) is 6.65. The Bertz CT molecular complexity index is 250. The van der Waals surface area contributed by atoms with Crippen LogP contribution in [-0.4, -0.2) is 35.2 Å². The van der Waals surface area contributed by atoms with Crippen LogP contribution >= 0.6 is 11.6 Å². The normalized spacial score (nSPS) is 24.8. The van der Waals surface area contributed by atoms with E-state index in [0.717, 1.165) is 7.05 Å². The van der Waals surface area contributed by atoms with Crippen LogP contribution in [0, 0.1) is 0 Å². The maximum Gasteiger partial charge on any atom is 0.433 e. The fourth-order valence-corrected chi connectivity index (χ4v) is 1.05. The second-order valence-electron chi connectivity index (χ2n) is 2.21. The van der Waals surface area contributed by atoms with E-state index in [2.05, 4.69) is 5.10 Å². The van der Waals surface area contributed by atoms with E-state index in [1.165, 1.54) is 0 Å². The second kappa shape index (κ2) is 2.62. The van der Waals surface area contributed by atoms with Crippen LogP contribution in [-0.2, 0) is 4.79 Å². The number of nitrogens with zero attached hydrogens (tertiary/aromatic N) is 2. The Morgan fingerprint density at radius 3 is 2.25 bits per heavy atom. The van der Waals surface area contributed by atoms with Gasteiger partial charge in [0.15, 0.2) is 11.1 Å². The highest BCUT2D eigenvalue weighted by atomic mass is 35.5. The number of hydrogen-bond donors (Lipinski definition) is 0. The minimum atomic E-state index is -4.63. The Balaban J connectivity index is 2.95. The standard InChI is InChI=1S/C5H4ClF3N2O/c1-11-4(12)2(6)3(10-11)5(7,8)9/h2H,1H3. The van der Waals surface area contributed by atoms with Gasteiger partial charge in [-0.3, -0.25) is 4.79 Å². The minimum Gasteiger partial charge on any atom is -0.271 e. The molecule has 3 nitrogen and oxygen atoms in total. The van der Waals surface area contributed by atoms with Crippen LogP contribution in [0.25, 0.3) is 0 Å². The van der Waals surface area contributed by atoms with Gasteiger partial charge in [-0.25, -0.2) is 5.01 Å². The van der Waals surface area contributed by atoms with Crippen LogP contribution in [0.5, 0.6) is 0 Å². The molecule has 0 saturated heterocycles. The summed E-state index contributed by atoms with van der Waals surface area (Å²) in [5.74, 6) is -0.857. The second-order valence-corrected chi connectivity index (χ2v) is 2.64. The third kappa shape index (κ3) is 1.38. The number of amides is 1. The molecule has 0 saturated carbocycles. The number of alkyl halides is 4. The lowest BCUT2D eigenvalue weighted by Crippen LogP contribution is -2.33. The Morgan fingerprint density at radius 1 is 1.58 bits per heavy atom. The third-order valence-electron chi connectivity index (χ3n) is 1.32. The number of rotatable bonds is 0. The summed E-state index contributed by atoms with van der Waals surface area (Å²) in [5.41, 5.74) is -1.25. The lowest BCUT2D eigenvalue weighted by Gasteiger charge is -2.05. The predicted octanol–water partition coefficient (Wildman–Crippen LogP) is 0.984. The first-order valence-corrected chi connectivity index (χ1v) is 3.35. The van der Waals surface area contributed by atoms with Crippen LogP contribution in [0.2, 0.25) is 0 Å². The van der Waals surface area contributed by atoms with Crippen LogP contribution in [0.15, 0.2) is 5.10 Å². The monoisotopic (exact) mass is 200 g/mol. The van der Waals surface area contributed by atoms with Gasteiger partial charge in [-0.05, 0) is 0 Å². The molecule has 1 rings (SSSR count). The van der Waals surface area contributed by atoms with Crippen LogP contribution in [0.3, 0.4) is 0 Å². The molecular weight excluding hydrogens is 197 g/mol. The van der Waals surface area contributed by atoms with E-state index in [1.54, 1.807) is 0 Å². The summed E-state index contributed by atoms with van der Waals surface area (Å²) in [5, 5.41) is 1.85. The molecule has 68 valence electrons. The zero-order valence-electron chi connectivity index (χ0n) is 5.89. The van der Waals surface area contributed by atoms with Crippen molar-refractivity contribution in [2.24, 2.45) is 5.10 Å². The van der Waals surface area contributed by atoms with Gasteiger partial charge >= 0.3 is 6.18 Å². The number of carbonyl (C=O) groups excluding carboxylic acids is 1. The summed E-state index contributed by atoms with van der Waals surface area (Å²) in [6.07, 6.45) is -4.63. The van der Waals surface area contributed by atoms with Gasteiger partial charge in [0.2, 0.25) is 0 Å². The molecule has 7 heteroatoms. The van der Waals surface area contributed by atoms with Crippen molar-refractivity contribution in [2.45, 2.75) is 11.6 Å². The summed E-state index contributed by atoms with van der Waals surface area (Å²) in [6, 6.07) is 0. The van der Waals surface area contributed by atoms with Crippen molar-refractivity contribution in [3.05, 3.63) is 0 Å². The maximum atomic E-state index is 12.0. The summed E-state index contributed by atoms with van der Waals surface area (Å²) >= 11 is 5.17. The number of hydrogen-bond acceptors (Lipinski definition) is 2. The van der Waals surface area contributed by atoms with Gasteiger partial charge in [0, 0.05) is 7.05 Å². The molecule has 0 bridgehead atoms. The van der Waals surface area contributed by atoms with Gasteiger partial charge in [0.25, 0.3) is 5.91 Å². The SMILES string of the molecule is CN1N=C(C(F)(F)F)C(Cl)C1=O. The molecule has 1 aliphatic rings. The van der Waals surface area contributed by atoms with Crippen LogP contribution < -0.4 is 0 Å². The summed E-state index contributed by atoms with van der Waals surface area (Å²) < 4.78 is 35.9. The lowest BCUT2D eigenvalue weighted by molar-refractivity contribution is -0.127. The van der Waals surface area contributed by atoms with Gasteiger partial charge in [-0.2, -0.15) is 18.3 Å². The molecule has 1 atom stereocenters. The quantitative estimate of drug-likeness (QED) is 0.537. The molecule has 0 aromatic heterocycles. The Hall–Kier alpha value is -0.780. The minimum absolute atomic E-state index is 0.584. The molecule has 1 aliphatic heterocycles. The number of carbonyl (C=O) groups is 1. The molecule has 12 heavy (non-hydrogen) atoms. The van der Waals surface area contributed by atoms with Crippen LogP contribution in [0.1, 0.15) is 0 Å². The van der Waals surface area contributed by atoms with E-state index in [-0.39, 0.29) is 0 Å². The molecule has 0 spiro atoms.